The first-order valence-electron chi connectivity index (χ1n) is 4.34. The van der Waals surface area contributed by atoms with Crippen molar-refractivity contribution in [2.24, 2.45) is 5.73 Å². The number of hydrogen-bond donors (Lipinski definition) is 2. The number of nitrogens with two attached hydrogens (primary N) is 1. The highest BCUT2D eigenvalue weighted by Gasteiger charge is 1.95. The molecule has 0 heterocycles. The average molecular weight is 191 g/mol. The molecule has 0 atom stereocenters. The van der Waals surface area contributed by atoms with Crippen LogP contribution in [-0.2, 0) is 14.3 Å². The molecule has 0 unspecified atom stereocenters. The molecule has 0 bridgehead atoms. The lowest BCUT2D eigenvalue weighted by atomic mass is 10.4. The number of hydrogen-bond acceptors (Lipinski definition) is 4. The van der Waals surface area contributed by atoms with Gasteiger partial charge in [0.15, 0.2) is 0 Å². The van der Waals surface area contributed by atoms with Crippen LogP contribution >= 0.6 is 0 Å². The smallest absolute Gasteiger partial charge is 0.305 e. The Morgan fingerprint density at radius 1 is 1.15 bits per heavy atom. The average Bonchev–Trinajstić information content (AvgIpc) is 2.09. The third-order valence-corrected chi connectivity index (χ3v) is 1.30. The van der Waals surface area contributed by atoms with Crippen LogP contribution < -0.4 is 5.73 Å². The first-order chi connectivity index (χ1) is 6.27. The van der Waals surface area contributed by atoms with E-state index in [9.17, 15) is 4.79 Å². The Labute approximate surface area is 77.8 Å². The standard InChI is InChI=1S/C8H17NO4/c9-3-7-13-5-1-4-12-6-2-8(10)11/h1-7,9H2,(H,10,11). The number of carboxylic acids is 1. The topological polar surface area (TPSA) is 81.8 Å². The van der Waals surface area contributed by atoms with E-state index in [2.05, 4.69) is 0 Å². The third-order valence-electron chi connectivity index (χ3n) is 1.30. The summed E-state index contributed by atoms with van der Waals surface area (Å²) in [6.45, 7) is 2.52. The second-order valence-electron chi connectivity index (χ2n) is 2.51. The van der Waals surface area contributed by atoms with Crippen molar-refractivity contribution in [3.8, 4) is 0 Å². The van der Waals surface area contributed by atoms with Gasteiger partial charge in [-0.3, -0.25) is 4.79 Å². The van der Waals surface area contributed by atoms with Crippen molar-refractivity contribution in [3.05, 3.63) is 0 Å². The largest absolute Gasteiger partial charge is 0.481 e. The molecule has 0 aromatic heterocycles. The zero-order chi connectivity index (χ0) is 9.94. The lowest BCUT2D eigenvalue weighted by Gasteiger charge is -2.03. The Balaban J connectivity index is 2.87. The molecule has 0 saturated heterocycles. The maximum absolute atomic E-state index is 10.1. The van der Waals surface area contributed by atoms with Crippen LogP contribution in [-0.4, -0.2) is 44.0 Å². The van der Waals surface area contributed by atoms with E-state index in [-0.39, 0.29) is 13.0 Å². The molecule has 0 rings (SSSR count). The molecule has 0 amide bonds. The maximum atomic E-state index is 10.1. The highest BCUT2D eigenvalue weighted by atomic mass is 16.5. The molecule has 0 aliphatic rings. The summed E-state index contributed by atoms with van der Waals surface area (Å²) in [6, 6.07) is 0. The summed E-state index contributed by atoms with van der Waals surface area (Å²) in [5, 5.41) is 8.27. The van der Waals surface area contributed by atoms with Gasteiger partial charge in [-0.2, -0.15) is 0 Å². The molecule has 3 N–H and O–H groups in total. The number of aliphatic carboxylic acids is 1. The molecule has 0 fully saturated rings. The van der Waals surface area contributed by atoms with Crippen molar-refractivity contribution in [2.45, 2.75) is 12.8 Å². The zero-order valence-corrected chi connectivity index (χ0v) is 7.70. The molecule has 0 aromatic carbocycles. The van der Waals surface area contributed by atoms with Gasteiger partial charge >= 0.3 is 5.97 Å². The van der Waals surface area contributed by atoms with Gasteiger partial charge in [0.25, 0.3) is 0 Å². The Bertz CT molecular complexity index is 129. The van der Waals surface area contributed by atoms with E-state index in [4.69, 9.17) is 20.3 Å². The molecule has 5 nitrogen and oxygen atoms in total. The van der Waals surface area contributed by atoms with Gasteiger partial charge in [-0.25, -0.2) is 0 Å². The summed E-state index contributed by atoms with van der Waals surface area (Å²) in [5.74, 6) is -0.834. The van der Waals surface area contributed by atoms with E-state index in [1.165, 1.54) is 0 Å². The molecular weight excluding hydrogens is 174 g/mol. The Kier molecular flexibility index (Phi) is 8.97. The molecule has 13 heavy (non-hydrogen) atoms. The van der Waals surface area contributed by atoms with Crippen molar-refractivity contribution < 1.29 is 19.4 Å². The molecule has 0 radical (unpaired) electrons. The van der Waals surface area contributed by atoms with Crippen molar-refractivity contribution >= 4 is 5.97 Å². The van der Waals surface area contributed by atoms with Crippen LogP contribution in [0.2, 0.25) is 0 Å². The van der Waals surface area contributed by atoms with Gasteiger partial charge in [-0.15, -0.1) is 0 Å². The first-order valence-corrected chi connectivity index (χ1v) is 4.34. The second-order valence-corrected chi connectivity index (χ2v) is 2.51. The fourth-order valence-electron chi connectivity index (χ4n) is 0.710. The highest BCUT2D eigenvalue weighted by molar-refractivity contribution is 5.66. The van der Waals surface area contributed by atoms with Crippen molar-refractivity contribution in [1.29, 1.82) is 0 Å². The van der Waals surface area contributed by atoms with Crippen molar-refractivity contribution in [2.75, 3.05) is 33.0 Å². The van der Waals surface area contributed by atoms with E-state index in [1.807, 2.05) is 0 Å². The molecule has 0 aromatic rings. The van der Waals surface area contributed by atoms with Crippen molar-refractivity contribution in [3.63, 3.8) is 0 Å². The molecule has 5 heteroatoms. The highest BCUT2D eigenvalue weighted by Crippen LogP contribution is 1.87. The first kappa shape index (κ1) is 12.3. The number of rotatable bonds is 9. The van der Waals surface area contributed by atoms with Crippen LogP contribution in [0.15, 0.2) is 0 Å². The molecule has 0 saturated carbocycles. The van der Waals surface area contributed by atoms with Gasteiger partial charge < -0.3 is 20.3 Å². The normalized spacial score (nSPS) is 10.2. The summed E-state index contributed by atoms with van der Waals surface area (Å²) in [5.41, 5.74) is 5.20. The maximum Gasteiger partial charge on any atom is 0.305 e. The summed E-state index contributed by atoms with van der Waals surface area (Å²) < 4.78 is 10.1. The summed E-state index contributed by atoms with van der Waals surface area (Å²) in [6.07, 6.45) is 0.837. The number of ether oxygens (including phenoxy) is 2. The molecule has 78 valence electrons. The van der Waals surface area contributed by atoms with Crippen molar-refractivity contribution in [1.82, 2.24) is 0 Å². The summed E-state index contributed by atoms with van der Waals surface area (Å²) in [7, 11) is 0. The Morgan fingerprint density at radius 3 is 2.31 bits per heavy atom. The minimum Gasteiger partial charge on any atom is -0.481 e. The minimum absolute atomic E-state index is 0.0592. The number of carbonyl (C=O) groups is 1. The van der Waals surface area contributed by atoms with Gasteiger partial charge in [0.2, 0.25) is 0 Å². The van der Waals surface area contributed by atoms with Crippen LogP contribution in [0.5, 0.6) is 0 Å². The second kappa shape index (κ2) is 9.44. The van der Waals surface area contributed by atoms with Crippen LogP contribution in [0.4, 0.5) is 0 Å². The SMILES string of the molecule is NCCOCCCOCCC(=O)O. The molecule has 0 aliphatic carbocycles. The van der Waals surface area contributed by atoms with Crippen LogP contribution in [0, 0.1) is 0 Å². The Hall–Kier alpha value is -0.650. The predicted octanol–water partition coefficient (Wildman–Crippen LogP) is -0.157. The van der Waals surface area contributed by atoms with Crippen LogP contribution in [0.3, 0.4) is 0 Å². The summed E-state index contributed by atoms with van der Waals surface area (Å²) >= 11 is 0. The number of carboxylic acid groups (broad SMARTS) is 1. The molecule has 0 spiro atoms. The van der Waals surface area contributed by atoms with Crippen LogP contribution in [0.25, 0.3) is 0 Å². The van der Waals surface area contributed by atoms with Gasteiger partial charge in [0.05, 0.1) is 19.6 Å². The van der Waals surface area contributed by atoms with Gasteiger partial charge in [0, 0.05) is 19.8 Å². The fraction of sp³-hybridized carbons (Fsp3) is 0.875. The monoisotopic (exact) mass is 191 g/mol. The van der Waals surface area contributed by atoms with E-state index in [1.54, 1.807) is 0 Å². The fourth-order valence-corrected chi connectivity index (χ4v) is 0.710. The lowest BCUT2D eigenvalue weighted by molar-refractivity contribution is -0.138. The Morgan fingerprint density at radius 2 is 1.77 bits per heavy atom. The lowest BCUT2D eigenvalue weighted by Crippen LogP contribution is -2.10. The van der Waals surface area contributed by atoms with E-state index < -0.39 is 5.97 Å². The molecular formula is C8H17NO4. The van der Waals surface area contributed by atoms with E-state index in [0.29, 0.717) is 26.4 Å². The van der Waals surface area contributed by atoms with E-state index in [0.717, 1.165) is 6.42 Å². The van der Waals surface area contributed by atoms with E-state index >= 15 is 0 Å². The predicted molar refractivity (Wildman–Crippen MR) is 47.6 cm³/mol. The quantitative estimate of drug-likeness (QED) is 0.495. The van der Waals surface area contributed by atoms with Gasteiger partial charge in [0.1, 0.15) is 0 Å². The minimum atomic E-state index is -0.834. The third kappa shape index (κ3) is 11.3. The summed E-state index contributed by atoms with van der Waals surface area (Å²) in [4.78, 5) is 10.1. The zero-order valence-electron chi connectivity index (χ0n) is 7.70. The van der Waals surface area contributed by atoms with Gasteiger partial charge in [-0.05, 0) is 6.42 Å². The molecule has 0 aliphatic heterocycles. The van der Waals surface area contributed by atoms with Gasteiger partial charge in [-0.1, -0.05) is 0 Å². The van der Waals surface area contributed by atoms with Crippen LogP contribution in [0.1, 0.15) is 12.8 Å².